The van der Waals surface area contributed by atoms with E-state index in [-0.39, 0.29) is 11.9 Å². The number of hydrogen-bond acceptors (Lipinski definition) is 3. The predicted octanol–water partition coefficient (Wildman–Crippen LogP) is 3.52. The number of rotatable bonds is 4. The molecule has 2 aliphatic heterocycles. The fourth-order valence-electron chi connectivity index (χ4n) is 4.94. The van der Waals surface area contributed by atoms with E-state index in [4.69, 9.17) is 9.47 Å². The maximum absolute atomic E-state index is 13.2. The Morgan fingerprint density at radius 3 is 2.47 bits per heavy atom. The number of aryl methyl sites for hydroxylation is 3. The topological polar surface area (TPSA) is 52.0 Å². The van der Waals surface area contributed by atoms with E-state index in [9.17, 15) is 4.79 Å². The van der Waals surface area contributed by atoms with E-state index in [1.807, 2.05) is 13.0 Å². The van der Waals surface area contributed by atoms with Gasteiger partial charge in [-0.3, -0.25) is 4.79 Å². The molecular weight excluding hydrogens is 376 g/mol. The van der Waals surface area contributed by atoms with Crippen molar-refractivity contribution in [2.45, 2.75) is 59.0 Å². The van der Waals surface area contributed by atoms with Crippen LogP contribution in [0.5, 0.6) is 11.5 Å². The van der Waals surface area contributed by atoms with Gasteiger partial charge in [-0.05, 0) is 57.0 Å². The van der Waals surface area contributed by atoms with Gasteiger partial charge in [0.2, 0.25) is 0 Å². The molecule has 2 aromatic carbocycles. The molecule has 30 heavy (non-hydrogen) atoms. The lowest BCUT2D eigenvalue weighted by Crippen LogP contribution is -3.15. The molecule has 1 amide bonds. The Morgan fingerprint density at radius 2 is 1.73 bits per heavy atom. The molecule has 0 bridgehead atoms. The monoisotopic (exact) mass is 409 g/mol. The van der Waals surface area contributed by atoms with Crippen molar-refractivity contribution in [3.63, 3.8) is 0 Å². The number of benzene rings is 2. The van der Waals surface area contributed by atoms with Crippen molar-refractivity contribution in [1.82, 2.24) is 0 Å². The van der Waals surface area contributed by atoms with Crippen LogP contribution >= 0.6 is 0 Å². The number of nitrogens with one attached hydrogen (secondary N) is 2. The van der Waals surface area contributed by atoms with Gasteiger partial charge in [-0.2, -0.15) is 0 Å². The molecule has 2 N–H and O–H groups in total. The molecule has 0 radical (unpaired) electrons. The Balaban J connectivity index is 1.52. The van der Waals surface area contributed by atoms with Crippen molar-refractivity contribution in [3.8, 4) is 11.5 Å². The van der Waals surface area contributed by atoms with Gasteiger partial charge in [0.1, 0.15) is 6.04 Å². The molecule has 4 rings (SSSR count). The predicted molar refractivity (Wildman–Crippen MR) is 119 cm³/mol. The van der Waals surface area contributed by atoms with E-state index < -0.39 is 0 Å². The molecule has 5 heteroatoms. The molecule has 1 unspecified atom stereocenters. The van der Waals surface area contributed by atoms with Crippen LogP contribution in [0.1, 0.15) is 54.5 Å². The third kappa shape index (κ3) is 4.17. The fraction of sp³-hybridized carbons (Fsp3) is 0.480. The highest BCUT2D eigenvalue weighted by atomic mass is 16.5. The van der Waals surface area contributed by atoms with Crippen molar-refractivity contribution in [3.05, 3.63) is 52.6 Å². The number of anilines is 1. The third-order valence-electron chi connectivity index (χ3n) is 6.45. The maximum atomic E-state index is 13.2. The minimum absolute atomic E-state index is 0.0845. The number of likely N-dealkylation sites (tertiary alicyclic amines) is 1. The second kappa shape index (κ2) is 8.68. The molecular formula is C25H33N2O3+. The van der Waals surface area contributed by atoms with Crippen LogP contribution in [-0.4, -0.2) is 31.7 Å². The highest BCUT2D eigenvalue weighted by Crippen LogP contribution is 2.33. The summed E-state index contributed by atoms with van der Waals surface area (Å²) >= 11 is 0. The van der Waals surface area contributed by atoms with Crippen LogP contribution in [-0.2, 0) is 4.79 Å². The van der Waals surface area contributed by atoms with Gasteiger partial charge in [0.25, 0.3) is 5.91 Å². The molecule has 5 nitrogen and oxygen atoms in total. The Morgan fingerprint density at radius 1 is 1.03 bits per heavy atom. The van der Waals surface area contributed by atoms with Crippen molar-refractivity contribution in [1.29, 1.82) is 0 Å². The van der Waals surface area contributed by atoms with Crippen molar-refractivity contribution >= 4 is 11.6 Å². The Hall–Kier alpha value is -2.53. The zero-order valence-electron chi connectivity index (χ0n) is 18.5. The largest absolute Gasteiger partial charge is 0.490 e. The van der Waals surface area contributed by atoms with Gasteiger partial charge < -0.3 is 19.7 Å². The number of hydrogen-bond donors (Lipinski definition) is 2. The summed E-state index contributed by atoms with van der Waals surface area (Å²) in [7, 11) is 0. The molecule has 2 aliphatic rings. The number of quaternary nitrogens is 1. The van der Waals surface area contributed by atoms with E-state index in [1.54, 1.807) is 0 Å². The first-order valence-corrected chi connectivity index (χ1v) is 11.1. The summed E-state index contributed by atoms with van der Waals surface area (Å²) in [5.41, 5.74) is 5.63. The quantitative estimate of drug-likeness (QED) is 0.812. The highest BCUT2D eigenvalue weighted by molar-refractivity contribution is 5.95. The van der Waals surface area contributed by atoms with Crippen LogP contribution in [0.25, 0.3) is 0 Å². The highest BCUT2D eigenvalue weighted by Gasteiger charge is 2.37. The molecule has 0 saturated carbocycles. The molecule has 1 fully saturated rings. The molecule has 3 atom stereocenters. The Labute approximate surface area is 179 Å². The number of amides is 1. The molecule has 2 aromatic rings. The van der Waals surface area contributed by atoms with Gasteiger partial charge in [0.15, 0.2) is 17.5 Å². The first kappa shape index (κ1) is 20.7. The van der Waals surface area contributed by atoms with Crippen LogP contribution in [0.2, 0.25) is 0 Å². The SMILES string of the molecule is Cc1cc(C)c(NC(=O)[C@H](C)[NH+]2CCC[C@@H]2c2ccc3c(c2)OCCCO3)c(C)c1. The van der Waals surface area contributed by atoms with Crippen LogP contribution < -0.4 is 19.7 Å². The summed E-state index contributed by atoms with van der Waals surface area (Å²) < 4.78 is 11.7. The van der Waals surface area contributed by atoms with Crippen LogP contribution in [0.4, 0.5) is 5.69 Å². The fourth-order valence-corrected chi connectivity index (χ4v) is 4.94. The average molecular weight is 410 g/mol. The van der Waals surface area contributed by atoms with Crippen molar-refractivity contribution in [2.75, 3.05) is 25.1 Å². The summed E-state index contributed by atoms with van der Waals surface area (Å²) in [5.74, 6) is 1.74. The lowest BCUT2D eigenvalue weighted by atomic mass is 10.0. The van der Waals surface area contributed by atoms with E-state index in [0.717, 1.165) is 54.1 Å². The number of carbonyl (C=O) groups is 1. The average Bonchev–Trinajstić information content (AvgIpc) is 3.08. The first-order valence-electron chi connectivity index (χ1n) is 11.1. The number of fused-ring (bicyclic) bond motifs is 1. The van der Waals surface area contributed by atoms with Gasteiger partial charge in [-0.1, -0.05) is 17.7 Å². The summed E-state index contributed by atoms with van der Waals surface area (Å²) in [6.45, 7) is 10.6. The standard InChI is InChI=1S/C25H32N2O3/c1-16-13-17(2)24(18(3)14-16)26-25(28)19(4)27-10-5-7-21(27)20-8-9-22-23(15-20)30-12-6-11-29-22/h8-9,13-15,19,21H,5-7,10-12H2,1-4H3,(H,26,28)/p+1/t19-,21+/m0/s1. The molecule has 0 aromatic heterocycles. The zero-order valence-corrected chi connectivity index (χ0v) is 18.5. The summed E-state index contributed by atoms with van der Waals surface area (Å²) in [5, 5.41) is 3.21. The Kier molecular flexibility index (Phi) is 6.00. The molecule has 160 valence electrons. The zero-order chi connectivity index (χ0) is 21.3. The number of carbonyl (C=O) groups excluding carboxylic acids is 1. The van der Waals surface area contributed by atoms with Gasteiger partial charge in [-0.15, -0.1) is 0 Å². The minimum atomic E-state index is -0.131. The van der Waals surface area contributed by atoms with E-state index >= 15 is 0 Å². The normalized spacial score (nSPS) is 21.7. The van der Waals surface area contributed by atoms with E-state index in [1.165, 1.54) is 16.0 Å². The second-order valence-corrected chi connectivity index (χ2v) is 8.76. The van der Waals surface area contributed by atoms with Gasteiger partial charge in [-0.25, -0.2) is 0 Å². The molecule has 2 heterocycles. The molecule has 1 saturated heterocycles. The van der Waals surface area contributed by atoms with Crippen LogP contribution in [0.15, 0.2) is 30.3 Å². The van der Waals surface area contributed by atoms with Crippen LogP contribution in [0.3, 0.4) is 0 Å². The van der Waals surface area contributed by atoms with E-state index in [2.05, 4.69) is 50.4 Å². The van der Waals surface area contributed by atoms with E-state index in [0.29, 0.717) is 19.3 Å². The van der Waals surface area contributed by atoms with Crippen molar-refractivity contribution in [2.24, 2.45) is 0 Å². The first-order chi connectivity index (χ1) is 14.4. The van der Waals surface area contributed by atoms with Gasteiger partial charge in [0, 0.05) is 30.5 Å². The van der Waals surface area contributed by atoms with Crippen LogP contribution in [0, 0.1) is 20.8 Å². The Bertz CT molecular complexity index is 917. The smallest absolute Gasteiger partial charge is 0.282 e. The maximum Gasteiger partial charge on any atom is 0.282 e. The van der Waals surface area contributed by atoms with Gasteiger partial charge >= 0.3 is 0 Å². The van der Waals surface area contributed by atoms with Crippen molar-refractivity contribution < 1.29 is 19.2 Å². The summed E-state index contributed by atoms with van der Waals surface area (Å²) in [6, 6.07) is 10.7. The molecule has 0 aliphatic carbocycles. The molecule has 0 spiro atoms. The van der Waals surface area contributed by atoms with Gasteiger partial charge in [0.05, 0.1) is 19.8 Å². The summed E-state index contributed by atoms with van der Waals surface area (Å²) in [6.07, 6.45) is 3.10. The second-order valence-electron chi connectivity index (χ2n) is 8.76. The lowest BCUT2D eigenvalue weighted by molar-refractivity contribution is -0.932. The number of ether oxygens (including phenoxy) is 2. The lowest BCUT2D eigenvalue weighted by Gasteiger charge is -2.28. The summed E-state index contributed by atoms with van der Waals surface area (Å²) in [4.78, 5) is 14.5. The third-order valence-corrected chi connectivity index (χ3v) is 6.45. The minimum Gasteiger partial charge on any atom is -0.490 e.